The zero-order valence-electron chi connectivity index (χ0n) is 13.1. The molecule has 0 spiro atoms. The van der Waals surface area contributed by atoms with E-state index in [-0.39, 0.29) is 11.9 Å². The summed E-state index contributed by atoms with van der Waals surface area (Å²) in [6, 6.07) is 5.60. The first kappa shape index (κ1) is 15.3. The van der Waals surface area contributed by atoms with E-state index in [0.29, 0.717) is 0 Å². The van der Waals surface area contributed by atoms with Crippen LogP contribution in [0.4, 0.5) is 10.1 Å². The van der Waals surface area contributed by atoms with Gasteiger partial charge < -0.3 is 10.2 Å². The molecular formula is C17H27FN2. The molecule has 0 aromatic heterocycles. The van der Waals surface area contributed by atoms with Gasteiger partial charge in [0.05, 0.1) is 5.69 Å². The van der Waals surface area contributed by atoms with Crippen molar-refractivity contribution in [3.8, 4) is 0 Å². The number of para-hydroxylation sites is 1. The van der Waals surface area contributed by atoms with E-state index in [4.69, 9.17) is 0 Å². The highest BCUT2D eigenvalue weighted by Crippen LogP contribution is 2.40. The molecule has 2 nitrogen and oxygen atoms in total. The Morgan fingerprint density at radius 3 is 2.75 bits per heavy atom. The molecule has 1 fully saturated rings. The fraction of sp³-hybridized carbons (Fsp3) is 0.647. The zero-order chi connectivity index (χ0) is 14.7. The molecule has 0 radical (unpaired) electrons. The lowest BCUT2D eigenvalue weighted by Crippen LogP contribution is -2.26. The largest absolute Gasteiger partial charge is 0.372 e. The van der Waals surface area contributed by atoms with Crippen LogP contribution in [0.5, 0.6) is 0 Å². The fourth-order valence-electron chi connectivity index (χ4n) is 2.85. The van der Waals surface area contributed by atoms with Crippen LogP contribution in [0, 0.1) is 17.7 Å². The Kier molecular flexibility index (Phi) is 5.03. The predicted molar refractivity (Wildman–Crippen MR) is 83.6 cm³/mol. The second-order valence-corrected chi connectivity index (χ2v) is 6.21. The Hall–Kier alpha value is -1.09. The van der Waals surface area contributed by atoms with E-state index >= 15 is 0 Å². The molecule has 0 heterocycles. The summed E-state index contributed by atoms with van der Waals surface area (Å²) in [6.45, 7) is 8.44. The molecule has 3 heteroatoms. The van der Waals surface area contributed by atoms with Crippen LogP contribution in [0.1, 0.15) is 45.2 Å². The number of hydrogen-bond donors (Lipinski definition) is 1. The Morgan fingerprint density at radius 2 is 2.15 bits per heavy atom. The molecule has 1 aromatic carbocycles. The molecule has 1 aliphatic rings. The molecular weight excluding hydrogens is 251 g/mol. The minimum Gasteiger partial charge on any atom is -0.372 e. The number of hydrogen-bond acceptors (Lipinski definition) is 2. The summed E-state index contributed by atoms with van der Waals surface area (Å²) < 4.78 is 14.3. The number of benzene rings is 1. The van der Waals surface area contributed by atoms with Gasteiger partial charge in [0, 0.05) is 19.6 Å². The average Bonchev–Trinajstić information content (AvgIpc) is 3.10. The van der Waals surface area contributed by atoms with Gasteiger partial charge in [0.25, 0.3) is 0 Å². The summed E-state index contributed by atoms with van der Waals surface area (Å²) in [7, 11) is 2.01. The van der Waals surface area contributed by atoms with Crippen LogP contribution in [-0.4, -0.2) is 20.1 Å². The molecule has 112 valence electrons. The summed E-state index contributed by atoms with van der Waals surface area (Å²) in [5.74, 6) is 1.41. The van der Waals surface area contributed by atoms with Crippen LogP contribution < -0.4 is 10.2 Å². The summed E-state index contributed by atoms with van der Waals surface area (Å²) in [4.78, 5) is 2.10. The van der Waals surface area contributed by atoms with E-state index < -0.39 is 0 Å². The Bertz CT molecular complexity index is 447. The second kappa shape index (κ2) is 6.57. The predicted octanol–water partition coefficient (Wildman–Crippen LogP) is 3.98. The SMILES string of the molecule is CCCNC(C)c1cccc(F)c1N(C)CC1CC1C. The van der Waals surface area contributed by atoms with Crippen molar-refractivity contribution in [2.45, 2.75) is 39.7 Å². The molecule has 1 N–H and O–H groups in total. The van der Waals surface area contributed by atoms with Crippen LogP contribution in [0.15, 0.2) is 18.2 Å². The summed E-state index contributed by atoms with van der Waals surface area (Å²) in [5, 5.41) is 3.46. The molecule has 1 aromatic rings. The van der Waals surface area contributed by atoms with Crippen molar-refractivity contribution in [1.29, 1.82) is 0 Å². The number of nitrogens with zero attached hydrogens (tertiary/aromatic N) is 1. The summed E-state index contributed by atoms with van der Waals surface area (Å²) in [5.41, 5.74) is 1.83. The topological polar surface area (TPSA) is 15.3 Å². The van der Waals surface area contributed by atoms with E-state index in [9.17, 15) is 4.39 Å². The van der Waals surface area contributed by atoms with Crippen molar-refractivity contribution in [2.24, 2.45) is 11.8 Å². The van der Waals surface area contributed by atoms with Gasteiger partial charge in [0.15, 0.2) is 0 Å². The summed E-state index contributed by atoms with van der Waals surface area (Å²) in [6.07, 6.45) is 2.36. The van der Waals surface area contributed by atoms with Crippen molar-refractivity contribution < 1.29 is 4.39 Å². The van der Waals surface area contributed by atoms with Crippen molar-refractivity contribution in [3.05, 3.63) is 29.6 Å². The first-order chi connectivity index (χ1) is 9.54. The molecule has 20 heavy (non-hydrogen) atoms. The second-order valence-electron chi connectivity index (χ2n) is 6.21. The maximum atomic E-state index is 14.3. The Balaban J connectivity index is 2.16. The lowest BCUT2D eigenvalue weighted by atomic mass is 10.0. The molecule has 0 aliphatic heterocycles. The van der Waals surface area contributed by atoms with Gasteiger partial charge in [-0.25, -0.2) is 4.39 Å². The Labute approximate surface area is 122 Å². The maximum Gasteiger partial charge on any atom is 0.146 e. The first-order valence-corrected chi connectivity index (χ1v) is 7.77. The zero-order valence-corrected chi connectivity index (χ0v) is 13.1. The monoisotopic (exact) mass is 278 g/mol. The van der Waals surface area contributed by atoms with E-state index in [1.54, 1.807) is 6.07 Å². The molecule has 0 amide bonds. The van der Waals surface area contributed by atoms with Crippen LogP contribution in [-0.2, 0) is 0 Å². The van der Waals surface area contributed by atoms with Crippen molar-refractivity contribution in [2.75, 3.05) is 25.0 Å². The van der Waals surface area contributed by atoms with Gasteiger partial charge in [-0.1, -0.05) is 26.0 Å². The van der Waals surface area contributed by atoms with E-state index in [2.05, 4.69) is 31.0 Å². The number of nitrogens with one attached hydrogen (secondary N) is 1. The smallest absolute Gasteiger partial charge is 0.146 e. The highest BCUT2D eigenvalue weighted by atomic mass is 19.1. The highest BCUT2D eigenvalue weighted by molar-refractivity contribution is 5.55. The summed E-state index contributed by atoms with van der Waals surface area (Å²) >= 11 is 0. The van der Waals surface area contributed by atoms with Crippen molar-refractivity contribution >= 4 is 5.69 Å². The van der Waals surface area contributed by atoms with E-state index in [0.717, 1.165) is 42.6 Å². The van der Waals surface area contributed by atoms with Gasteiger partial charge in [-0.05, 0) is 49.8 Å². The van der Waals surface area contributed by atoms with E-state index in [1.165, 1.54) is 6.42 Å². The molecule has 0 bridgehead atoms. The minimum atomic E-state index is -0.108. The van der Waals surface area contributed by atoms with Gasteiger partial charge in [0.1, 0.15) is 5.82 Å². The van der Waals surface area contributed by atoms with Gasteiger partial charge in [-0.3, -0.25) is 0 Å². The van der Waals surface area contributed by atoms with Gasteiger partial charge in [-0.2, -0.15) is 0 Å². The standard InChI is InChI=1S/C17H27FN2/c1-5-9-19-13(3)15-7-6-8-16(18)17(15)20(4)11-14-10-12(14)2/h6-8,12-14,19H,5,9-11H2,1-4H3. The van der Waals surface area contributed by atoms with Crippen LogP contribution in [0.3, 0.4) is 0 Å². The lowest BCUT2D eigenvalue weighted by molar-refractivity contribution is 0.558. The van der Waals surface area contributed by atoms with Crippen LogP contribution in [0.25, 0.3) is 0 Å². The third-order valence-corrected chi connectivity index (χ3v) is 4.35. The molecule has 1 saturated carbocycles. The van der Waals surface area contributed by atoms with Crippen molar-refractivity contribution in [3.63, 3.8) is 0 Å². The van der Waals surface area contributed by atoms with Crippen LogP contribution >= 0.6 is 0 Å². The van der Waals surface area contributed by atoms with E-state index in [1.807, 2.05) is 19.2 Å². The minimum absolute atomic E-state index is 0.108. The lowest BCUT2D eigenvalue weighted by Gasteiger charge is -2.26. The quantitative estimate of drug-likeness (QED) is 0.811. The van der Waals surface area contributed by atoms with Gasteiger partial charge in [-0.15, -0.1) is 0 Å². The van der Waals surface area contributed by atoms with Crippen LogP contribution in [0.2, 0.25) is 0 Å². The third-order valence-electron chi connectivity index (χ3n) is 4.35. The molecule has 3 unspecified atom stereocenters. The number of rotatable bonds is 7. The maximum absolute atomic E-state index is 14.3. The van der Waals surface area contributed by atoms with Gasteiger partial charge >= 0.3 is 0 Å². The normalized spacial score (nSPS) is 22.6. The molecule has 0 saturated heterocycles. The number of anilines is 1. The third kappa shape index (κ3) is 3.51. The number of halogens is 1. The fourth-order valence-corrected chi connectivity index (χ4v) is 2.85. The molecule has 1 aliphatic carbocycles. The highest BCUT2D eigenvalue weighted by Gasteiger charge is 2.34. The van der Waals surface area contributed by atoms with Crippen molar-refractivity contribution in [1.82, 2.24) is 5.32 Å². The average molecular weight is 278 g/mol. The first-order valence-electron chi connectivity index (χ1n) is 7.77. The Morgan fingerprint density at radius 1 is 1.45 bits per heavy atom. The molecule has 2 rings (SSSR count). The molecule has 3 atom stereocenters. The van der Waals surface area contributed by atoms with Gasteiger partial charge in [0.2, 0.25) is 0 Å².